The Morgan fingerprint density at radius 2 is 1.95 bits per heavy atom. The molecule has 1 aromatic rings. The molecule has 2 unspecified atom stereocenters. The van der Waals surface area contributed by atoms with E-state index in [1.165, 1.54) is 16.5 Å². The Balaban J connectivity index is 2.09. The van der Waals surface area contributed by atoms with Crippen molar-refractivity contribution in [2.24, 2.45) is 11.8 Å². The summed E-state index contributed by atoms with van der Waals surface area (Å²) >= 11 is 3.69. The molecular formula is C18H29BrN2. The summed E-state index contributed by atoms with van der Waals surface area (Å²) in [4.78, 5) is 2.67. The number of benzene rings is 1. The van der Waals surface area contributed by atoms with E-state index in [2.05, 4.69) is 78.1 Å². The molecule has 21 heavy (non-hydrogen) atoms. The van der Waals surface area contributed by atoms with Gasteiger partial charge < -0.3 is 5.32 Å². The fourth-order valence-corrected chi connectivity index (χ4v) is 3.72. The lowest BCUT2D eigenvalue weighted by Gasteiger charge is -2.43. The molecule has 2 nitrogen and oxygen atoms in total. The lowest BCUT2D eigenvalue weighted by Crippen LogP contribution is -2.58. The van der Waals surface area contributed by atoms with Crippen LogP contribution in [0.4, 0.5) is 0 Å². The van der Waals surface area contributed by atoms with Crippen LogP contribution in [-0.2, 0) is 6.54 Å². The molecule has 0 amide bonds. The van der Waals surface area contributed by atoms with Crippen molar-refractivity contribution in [1.82, 2.24) is 10.2 Å². The summed E-state index contributed by atoms with van der Waals surface area (Å²) in [5.41, 5.74) is 1.40. The monoisotopic (exact) mass is 352 g/mol. The van der Waals surface area contributed by atoms with Gasteiger partial charge in [-0.05, 0) is 29.9 Å². The average molecular weight is 353 g/mol. The zero-order chi connectivity index (χ0) is 15.4. The maximum Gasteiger partial charge on any atom is 0.0249 e. The van der Waals surface area contributed by atoms with E-state index in [1.54, 1.807) is 0 Å². The summed E-state index contributed by atoms with van der Waals surface area (Å²) in [5.74, 6) is 1.43. The highest BCUT2D eigenvalue weighted by molar-refractivity contribution is 9.10. The summed E-state index contributed by atoms with van der Waals surface area (Å²) in [5, 5.41) is 3.76. The first-order chi connectivity index (χ1) is 9.97. The number of nitrogens with one attached hydrogen (secondary N) is 1. The minimum Gasteiger partial charge on any atom is -0.311 e. The molecule has 2 rings (SSSR count). The third-order valence-corrected chi connectivity index (χ3v) is 5.17. The Labute approximate surface area is 138 Å². The Kier molecular flexibility index (Phi) is 6.27. The van der Waals surface area contributed by atoms with E-state index in [1.807, 2.05) is 0 Å². The van der Waals surface area contributed by atoms with Crippen LogP contribution in [0.1, 0.15) is 39.7 Å². The summed E-state index contributed by atoms with van der Waals surface area (Å²) in [6.45, 7) is 12.6. The van der Waals surface area contributed by atoms with Gasteiger partial charge in [0.1, 0.15) is 0 Å². The van der Waals surface area contributed by atoms with Gasteiger partial charge in [-0.2, -0.15) is 0 Å². The van der Waals surface area contributed by atoms with Gasteiger partial charge in [0.05, 0.1) is 0 Å². The lowest BCUT2D eigenvalue weighted by atomic mass is 9.94. The first kappa shape index (κ1) is 17.0. The summed E-state index contributed by atoms with van der Waals surface area (Å²) in [7, 11) is 0. The summed E-state index contributed by atoms with van der Waals surface area (Å²) in [6.07, 6.45) is 1.26. The van der Waals surface area contributed by atoms with Crippen LogP contribution in [0.5, 0.6) is 0 Å². The zero-order valence-corrected chi connectivity index (χ0v) is 15.4. The van der Waals surface area contributed by atoms with Crippen molar-refractivity contribution in [3.05, 3.63) is 34.3 Å². The smallest absolute Gasteiger partial charge is 0.0249 e. The minimum atomic E-state index is 0.625. The van der Waals surface area contributed by atoms with Crippen LogP contribution in [0.25, 0.3) is 0 Å². The third-order valence-electron chi connectivity index (χ3n) is 4.40. The van der Waals surface area contributed by atoms with Gasteiger partial charge >= 0.3 is 0 Å². The van der Waals surface area contributed by atoms with Crippen molar-refractivity contribution < 1.29 is 0 Å². The van der Waals surface area contributed by atoms with Crippen LogP contribution in [0, 0.1) is 11.8 Å². The van der Waals surface area contributed by atoms with E-state index in [4.69, 9.17) is 0 Å². The molecule has 0 spiro atoms. The van der Waals surface area contributed by atoms with Crippen molar-refractivity contribution in [2.75, 3.05) is 13.1 Å². The molecule has 2 atom stereocenters. The van der Waals surface area contributed by atoms with Crippen molar-refractivity contribution in [3.8, 4) is 0 Å². The molecule has 1 aliphatic heterocycles. The second kappa shape index (κ2) is 7.75. The maximum atomic E-state index is 3.76. The summed E-state index contributed by atoms with van der Waals surface area (Å²) in [6, 6.07) is 9.86. The number of nitrogens with zero attached hydrogens (tertiary/aromatic N) is 1. The Morgan fingerprint density at radius 1 is 1.24 bits per heavy atom. The largest absolute Gasteiger partial charge is 0.311 e. The van der Waals surface area contributed by atoms with Crippen molar-refractivity contribution in [3.63, 3.8) is 0 Å². The molecule has 3 heteroatoms. The average Bonchev–Trinajstić information content (AvgIpc) is 2.40. The van der Waals surface area contributed by atoms with Gasteiger partial charge in [0, 0.05) is 36.2 Å². The van der Waals surface area contributed by atoms with Crippen LogP contribution >= 0.6 is 15.9 Å². The first-order valence-electron chi connectivity index (χ1n) is 8.18. The molecule has 1 heterocycles. The number of hydrogen-bond acceptors (Lipinski definition) is 2. The number of halogens is 1. The molecule has 118 valence electrons. The maximum absolute atomic E-state index is 3.76. The highest BCUT2D eigenvalue weighted by Gasteiger charge is 2.30. The van der Waals surface area contributed by atoms with E-state index in [0.717, 1.165) is 25.6 Å². The number of rotatable bonds is 5. The van der Waals surface area contributed by atoms with Crippen LogP contribution in [0.3, 0.4) is 0 Å². The highest BCUT2D eigenvalue weighted by Crippen LogP contribution is 2.24. The van der Waals surface area contributed by atoms with E-state index in [9.17, 15) is 0 Å². The van der Waals surface area contributed by atoms with Gasteiger partial charge in [0.15, 0.2) is 0 Å². The molecule has 0 radical (unpaired) electrons. The normalized spacial score (nSPS) is 24.0. The molecule has 1 fully saturated rings. The second-order valence-corrected chi connectivity index (χ2v) is 7.92. The Bertz CT molecular complexity index is 445. The fraction of sp³-hybridized carbons (Fsp3) is 0.667. The van der Waals surface area contributed by atoms with E-state index < -0.39 is 0 Å². The molecule has 1 N–H and O–H groups in total. The van der Waals surface area contributed by atoms with Crippen LogP contribution in [0.15, 0.2) is 28.7 Å². The van der Waals surface area contributed by atoms with Gasteiger partial charge in [-0.25, -0.2) is 0 Å². The van der Waals surface area contributed by atoms with Crippen molar-refractivity contribution in [2.45, 2.75) is 52.7 Å². The second-order valence-electron chi connectivity index (χ2n) is 7.07. The topological polar surface area (TPSA) is 15.3 Å². The lowest BCUT2D eigenvalue weighted by molar-refractivity contribution is 0.0850. The minimum absolute atomic E-state index is 0.625. The Morgan fingerprint density at radius 3 is 2.57 bits per heavy atom. The van der Waals surface area contributed by atoms with Gasteiger partial charge in [-0.3, -0.25) is 4.90 Å². The quantitative estimate of drug-likeness (QED) is 0.849. The standard InChI is InChI=1S/C18H29BrN2/c1-13(2)9-16-12-21(18(10-20-16)14(3)4)11-15-7-5-6-8-17(15)19/h5-8,13-14,16,18,20H,9-12H2,1-4H3. The van der Waals surface area contributed by atoms with Gasteiger partial charge in [0.2, 0.25) is 0 Å². The molecule has 0 bridgehead atoms. The van der Waals surface area contributed by atoms with Gasteiger partial charge in [-0.1, -0.05) is 61.8 Å². The SMILES string of the molecule is CC(C)CC1CN(Cc2ccccc2Br)C(C(C)C)CN1. The van der Waals surface area contributed by atoms with Crippen LogP contribution < -0.4 is 5.32 Å². The van der Waals surface area contributed by atoms with Crippen molar-refractivity contribution in [1.29, 1.82) is 0 Å². The van der Waals surface area contributed by atoms with Crippen LogP contribution in [0.2, 0.25) is 0 Å². The first-order valence-corrected chi connectivity index (χ1v) is 8.97. The summed E-state index contributed by atoms with van der Waals surface area (Å²) < 4.78 is 1.23. The molecule has 0 saturated carbocycles. The predicted octanol–water partition coefficient (Wildman–Crippen LogP) is 4.29. The zero-order valence-electron chi connectivity index (χ0n) is 13.8. The molecule has 1 aromatic carbocycles. The molecule has 0 aliphatic carbocycles. The Hall–Kier alpha value is -0.380. The van der Waals surface area contributed by atoms with E-state index in [-0.39, 0.29) is 0 Å². The molecule has 1 aliphatic rings. The number of piperazine rings is 1. The third kappa shape index (κ3) is 4.80. The molecular weight excluding hydrogens is 324 g/mol. The van der Waals surface area contributed by atoms with Gasteiger partial charge in [-0.15, -0.1) is 0 Å². The predicted molar refractivity (Wildman–Crippen MR) is 94.4 cm³/mol. The van der Waals surface area contributed by atoms with E-state index in [0.29, 0.717) is 18.0 Å². The number of hydrogen-bond donors (Lipinski definition) is 1. The molecule has 0 aromatic heterocycles. The van der Waals surface area contributed by atoms with Gasteiger partial charge in [0.25, 0.3) is 0 Å². The fourth-order valence-electron chi connectivity index (χ4n) is 3.31. The van der Waals surface area contributed by atoms with Crippen molar-refractivity contribution >= 4 is 15.9 Å². The molecule has 1 saturated heterocycles. The highest BCUT2D eigenvalue weighted by atomic mass is 79.9. The van der Waals surface area contributed by atoms with Crippen LogP contribution in [-0.4, -0.2) is 30.1 Å². The van der Waals surface area contributed by atoms with E-state index >= 15 is 0 Å².